The molecule has 2 atom stereocenters. The van der Waals surface area contributed by atoms with Gasteiger partial charge in [0.2, 0.25) is 0 Å². The van der Waals surface area contributed by atoms with Crippen molar-refractivity contribution in [3.05, 3.63) is 30.3 Å². The van der Waals surface area contributed by atoms with Crippen LogP contribution in [0.15, 0.2) is 35.2 Å². The van der Waals surface area contributed by atoms with Gasteiger partial charge in [-0.2, -0.15) is 0 Å². The van der Waals surface area contributed by atoms with Crippen LogP contribution in [0.2, 0.25) is 0 Å². The van der Waals surface area contributed by atoms with E-state index < -0.39 is 10.8 Å². The van der Waals surface area contributed by atoms with Gasteiger partial charge >= 0.3 is 0 Å². The van der Waals surface area contributed by atoms with E-state index in [0.717, 1.165) is 4.90 Å². The molecule has 66 valence electrons. The molecule has 0 saturated carbocycles. The fraction of sp³-hybridized carbons (Fsp3) is 0.333. The summed E-state index contributed by atoms with van der Waals surface area (Å²) < 4.78 is 11.5. The summed E-state index contributed by atoms with van der Waals surface area (Å²) in [6.07, 6.45) is 0. The Morgan fingerprint density at radius 3 is 2.50 bits per heavy atom. The molecule has 0 fully saturated rings. The van der Waals surface area contributed by atoms with E-state index in [9.17, 15) is 4.21 Å². The van der Waals surface area contributed by atoms with Gasteiger partial charge in [0.05, 0.1) is 10.8 Å². The lowest BCUT2D eigenvalue weighted by molar-refractivity contribution is 0.676. The van der Waals surface area contributed by atoms with Crippen molar-refractivity contribution in [3.8, 4) is 0 Å². The molecule has 3 heteroatoms. The highest BCUT2D eigenvalue weighted by Crippen LogP contribution is 2.05. The molecular formula is C9H13NOS. The van der Waals surface area contributed by atoms with Crippen LogP contribution in [0.25, 0.3) is 0 Å². The fourth-order valence-corrected chi connectivity index (χ4v) is 2.04. The molecule has 0 aromatic heterocycles. The van der Waals surface area contributed by atoms with Crippen molar-refractivity contribution in [1.82, 2.24) is 0 Å². The number of benzene rings is 1. The van der Waals surface area contributed by atoms with E-state index >= 15 is 0 Å². The van der Waals surface area contributed by atoms with E-state index in [1.54, 1.807) is 0 Å². The lowest BCUT2D eigenvalue weighted by atomic mass is 10.4. The maximum absolute atomic E-state index is 11.5. The summed E-state index contributed by atoms with van der Waals surface area (Å²) in [5, 5.41) is 0. The monoisotopic (exact) mass is 183 g/mol. The second-order valence-electron chi connectivity index (χ2n) is 2.80. The Hall–Kier alpha value is -0.670. The van der Waals surface area contributed by atoms with Crippen molar-refractivity contribution >= 4 is 10.8 Å². The minimum absolute atomic E-state index is 0.00830. The van der Waals surface area contributed by atoms with E-state index in [1.165, 1.54) is 0 Å². The molecule has 0 aliphatic heterocycles. The molecular weight excluding hydrogens is 170 g/mol. The molecule has 2 nitrogen and oxygen atoms in total. The van der Waals surface area contributed by atoms with Gasteiger partial charge in [-0.05, 0) is 19.1 Å². The normalized spacial score (nSPS) is 15.5. The van der Waals surface area contributed by atoms with E-state index in [4.69, 9.17) is 5.73 Å². The summed E-state index contributed by atoms with van der Waals surface area (Å²) in [5.41, 5.74) is 5.54. The molecule has 0 bridgehead atoms. The van der Waals surface area contributed by atoms with Crippen molar-refractivity contribution in [1.29, 1.82) is 0 Å². The second kappa shape index (κ2) is 4.38. The van der Waals surface area contributed by atoms with Gasteiger partial charge in [0.15, 0.2) is 0 Å². The Morgan fingerprint density at radius 2 is 2.00 bits per heavy atom. The van der Waals surface area contributed by atoms with Crippen LogP contribution in [-0.2, 0) is 10.8 Å². The Balaban J connectivity index is 2.66. The van der Waals surface area contributed by atoms with Crippen molar-refractivity contribution in [2.45, 2.75) is 17.9 Å². The van der Waals surface area contributed by atoms with Crippen molar-refractivity contribution in [2.75, 3.05) is 5.75 Å². The highest BCUT2D eigenvalue weighted by molar-refractivity contribution is 7.85. The van der Waals surface area contributed by atoms with Crippen molar-refractivity contribution in [3.63, 3.8) is 0 Å². The highest BCUT2D eigenvalue weighted by atomic mass is 32.2. The van der Waals surface area contributed by atoms with Crippen LogP contribution >= 0.6 is 0 Å². The summed E-state index contributed by atoms with van der Waals surface area (Å²) in [4.78, 5) is 0.856. The Bertz CT molecular complexity index is 258. The number of nitrogens with two attached hydrogens (primary N) is 1. The molecule has 0 spiro atoms. The number of rotatable bonds is 3. The van der Waals surface area contributed by atoms with Gasteiger partial charge in [-0.3, -0.25) is 4.21 Å². The molecule has 0 aliphatic carbocycles. The van der Waals surface area contributed by atoms with Crippen LogP contribution in [0.4, 0.5) is 0 Å². The third kappa shape index (κ3) is 2.75. The Labute approximate surface area is 75.2 Å². The van der Waals surface area contributed by atoms with Crippen LogP contribution < -0.4 is 5.73 Å². The van der Waals surface area contributed by atoms with E-state index in [2.05, 4.69) is 0 Å². The van der Waals surface area contributed by atoms with Gasteiger partial charge in [-0.25, -0.2) is 0 Å². The van der Waals surface area contributed by atoms with Crippen LogP contribution in [0, 0.1) is 0 Å². The standard InChI is InChI=1S/C9H13NOS/c1-8(10)7-12(11)9-5-3-2-4-6-9/h2-6,8H,7,10H2,1H3/t8-,12?/m1/s1. The second-order valence-corrected chi connectivity index (χ2v) is 4.30. The SMILES string of the molecule is C[C@@H](N)CS(=O)c1ccccc1. The molecule has 2 N–H and O–H groups in total. The predicted octanol–water partition coefficient (Wildman–Crippen LogP) is 1.14. The first-order valence-electron chi connectivity index (χ1n) is 3.89. The van der Waals surface area contributed by atoms with Gasteiger partial charge < -0.3 is 5.73 Å². The van der Waals surface area contributed by atoms with Gasteiger partial charge in [-0.15, -0.1) is 0 Å². The summed E-state index contributed by atoms with van der Waals surface area (Å²) in [6, 6.07) is 9.39. The summed E-state index contributed by atoms with van der Waals surface area (Å²) in [7, 11) is -0.939. The van der Waals surface area contributed by atoms with Gasteiger partial charge in [0, 0.05) is 16.7 Å². The fourth-order valence-electron chi connectivity index (χ4n) is 0.907. The third-order valence-corrected chi connectivity index (χ3v) is 3.05. The van der Waals surface area contributed by atoms with Crippen molar-refractivity contribution < 1.29 is 4.21 Å². The zero-order chi connectivity index (χ0) is 8.97. The summed E-state index contributed by atoms with van der Waals surface area (Å²) >= 11 is 0. The molecule has 12 heavy (non-hydrogen) atoms. The lowest BCUT2D eigenvalue weighted by Crippen LogP contribution is -2.22. The van der Waals surface area contributed by atoms with E-state index in [-0.39, 0.29) is 6.04 Å². The predicted molar refractivity (Wildman–Crippen MR) is 51.4 cm³/mol. The minimum atomic E-state index is -0.939. The third-order valence-electron chi connectivity index (χ3n) is 1.42. The highest BCUT2D eigenvalue weighted by Gasteiger charge is 2.04. The molecule has 1 unspecified atom stereocenters. The molecule has 0 heterocycles. The van der Waals surface area contributed by atoms with Gasteiger partial charge in [0.25, 0.3) is 0 Å². The maximum Gasteiger partial charge on any atom is 0.0545 e. The quantitative estimate of drug-likeness (QED) is 0.763. The van der Waals surface area contributed by atoms with Crippen LogP contribution in [0.5, 0.6) is 0 Å². The smallest absolute Gasteiger partial charge is 0.0545 e. The first-order chi connectivity index (χ1) is 5.70. The Morgan fingerprint density at radius 1 is 1.42 bits per heavy atom. The average Bonchev–Trinajstić information content (AvgIpc) is 2.05. The first kappa shape index (κ1) is 9.42. The zero-order valence-corrected chi connectivity index (χ0v) is 7.88. The molecule has 1 aromatic carbocycles. The van der Waals surface area contributed by atoms with Crippen molar-refractivity contribution in [2.24, 2.45) is 5.73 Å². The van der Waals surface area contributed by atoms with Gasteiger partial charge in [-0.1, -0.05) is 18.2 Å². The summed E-state index contributed by atoms with van der Waals surface area (Å²) in [6.45, 7) is 1.86. The largest absolute Gasteiger partial charge is 0.327 e. The molecule has 1 aromatic rings. The lowest BCUT2D eigenvalue weighted by Gasteiger charge is -2.04. The molecule has 0 aliphatic rings. The number of hydrogen-bond donors (Lipinski definition) is 1. The zero-order valence-electron chi connectivity index (χ0n) is 7.07. The van der Waals surface area contributed by atoms with E-state index in [0.29, 0.717) is 5.75 Å². The molecule has 1 rings (SSSR count). The number of hydrogen-bond acceptors (Lipinski definition) is 2. The average molecular weight is 183 g/mol. The first-order valence-corrected chi connectivity index (χ1v) is 5.21. The van der Waals surface area contributed by atoms with E-state index in [1.807, 2.05) is 37.3 Å². The summed E-state index contributed by atoms with van der Waals surface area (Å²) in [5.74, 6) is 0.532. The topological polar surface area (TPSA) is 43.1 Å². The molecule has 0 radical (unpaired) electrons. The van der Waals surface area contributed by atoms with Crippen LogP contribution in [0.3, 0.4) is 0 Å². The van der Waals surface area contributed by atoms with Crippen LogP contribution in [0.1, 0.15) is 6.92 Å². The minimum Gasteiger partial charge on any atom is -0.327 e. The maximum atomic E-state index is 11.5. The van der Waals surface area contributed by atoms with Gasteiger partial charge in [0.1, 0.15) is 0 Å². The Kier molecular flexibility index (Phi) is 3.44. The molecule has 0 amide bonds. The van der Waals surface area contributed by atoms with Crippen LogP contribution in [-0.4, -0.2) is 16.0 Å². The molecule has 0 saturated heterocycles.